The summed E-state index contributed by atoms with van der Waals surface area (Å²) in [6.07, 6.45) is 10.9. The van der Waals surface area contributed by atoms with Gasteiger partial charge < -0.3 is 18.9 Å². The lowest BCUT2D eigenvalue weighted by molar-refractivity contribution is -0.145. The molecule has 3 unspecified atom stereocenters. The molecule has 2 aliphatic rings. The van der Waals surface area contributed by atoms with E-state index in [1.165, 1.54) is 12.0 Å². The lowest BCUT2D eigenvalue weighted by Crippen LogP contribution is -2.09. The summed E-state index contributed by atoms with van der Waals surface area (Å²) in [6, 6.07) is 10.7. The maximum Gasteiger partial charge on any atom is 0.305 e. The minimum absolute atomic E-state index is 0.104. The van der Waals surface area contributed by atoms with Gasteiger partial charge in [-0.25, -0.2) is 0 Å². The average Bonchev–Trinajstić information content (AvgIpc) is 3.72. The largest absolute Gasteiger partial charge is 0.463 e. The van der Waals surface area contributed by atoms with Crippen LogP contribution >= 0.6 is 0 Å². The van der Waals surface area contributed by atoms with Crippen LogP contribution in [-0.2, 0) is 28.5 Å². The number of epoxide rings is 2. The lowest BCUT2D eigenvalue weighted by Gasteiger charge is -2.17. The molecule has 32 heavy (non-hydrogen) atoms. The zero-order valence-electron chi connectivity index (χ0n) is 19.2. The Morgan fingerprint density at radius 3 is 1.72 bits per heavy atom. The quantitative estimate of drug-likeness (QED) is 0.180. The van der Waals surface area contributed by atoms with Gasteiger partial charge in [0.25, 0.3) is 0 Å². The van der Waals surface area contributed by atoms with E-state index < -0.39 is 0 Å². The summed E-state index contributed by atoms with van der Waals surface area (Å²) in [6.45, 7) is 2.26. The Kier molecular flexibility index (Phi) is 11.0. The molecule has 1 aromatic rings. The molecule has 2 heterocycles. The molecule has 0 aromatic heterocycles. The third-order valence-electron chi connectivity index (χ3n) is 6.05. The van der Waals surface area contributed by atoms with Crippen LogP contribution < -0.4 is 0 Å². The highest BCUT2D eigenvalue weighted by Gasteiger charge is 2.24. The first-order valence-electron chi connectivity index (χ1n) is 12.3. The van der Waals surface area contributed by atoms with Gasteiger partial charge in [-0.2, -0.15) is 0 Å². The van der Waals surface area contributed by atoms with E-state index in [-0.39, 0.29) is 24.1 Å². The molecule has 2 saturated heterocycles. The molecule has 6 nitrogen and oxygen atoms in total. The van der Waals surface area contributed by atoms with Crippen molar-refractivity contribution in [2.24, 2.45) is 0 Å². The van der Waals surface area contributed by atoms with Gasteiger partial charge in [-0.1, -0.05) is 62.4 Å². The summed E-state index contributed by atoms with van der Waals surface area (Å²) in [5, 5.41) is 0. The lowest BCUT2D eigenvalue weighted by atomic mass is 9.88. The fraction of sp³-hybridized carbons (Fsp3) is 0.692. The zero-order valence-corrected chi connectivity index (χ0v) is 19.2. The second kappa shape index (κ2) is 14.3. The number of ether oxygens (including phenoxy) is 4. The van der Waals surface area contributed by atoms with E-state index in [1.807, 2.05) is 0 Å². The first kappa shape index (κ1) is 24.7. The third-order valence-corrected chi connectivity index (χ3v) is 6.05. The third kappa shape index (κ3) is 11.1. The van der Waals surface area contributed by atoms with Gasteiger partial charge in [-0.3, -0.25) is 9.59 Å². The molecular weight excluding hydrogens is 408 g/mol. The number of rotatable bonds is 18. The second-order valence-electron chi connectivity index (χ2n) is 8.94. The molecule has 178 valence electrons. The summed E-state index contributed by atoms with van der Waals surface area (Å²) < 4.78 is 20.5. The number of carbonyl (C=O) groups excluding carboxylic acids is 2. The Labute approximate surface area is 191 Å². The van der Waals surface area contributed by atoms with Gasteiger partial charge in [0.2, 0.25) is 0 Å². The predicted octanol–water partition coefficient (Wildman–Crippen LogP) is 4.95. The smallest absolute Gasteiger partial charge is 0.305 e. The molecule has 6 heteroatoms. The molecule has 0 amide bonds. The Morgan fingerprint density at radius 2 is 1.22 bits per heavy atom. The first-order chi connectivity index (χ1) is 15.7. The first-order valence-corrected chi connectivity index (χ1v) is 12.3. The molecule has 2 aliphatic heterocycles. The maximum atomic E-state index is 11.7. The van der Waals surface area contributed by atoms with Gasteiger partial charge in [0.15, 0.2) is 0 Å². The molecular formula is C26H38O6. The fourth-order valence-electron chi connectivity index (χ4n) is 3.90. The minimum Gasteiger partial charge on any atom is -0.463 e. The van der Waals surface area contributed by atoms with E-state index in [2.05, 4.69) is 30.3 Å². The maximum absolute atomic E-state index is 11.7. The molecule has 0 N–H and O–H groups in total. The van der Waals surface area contributed by atoms with Gasteiger partial charge >= 0.3 is 11.9 Å². The molecule has 3 atom stereocenters. The molecule has 0 saturated carbocycles. The van der Waals surface area contributed by atoms with Crippen LogP contribution in [0.4, 0.5) is 0 Å². The van der Waals surface area contributed by atoms with Crippen molar-refractivity contribution in [3.8, 4) is 0 Å². The molecule has 0 spiro atoms. The van der Waals surface area contributed by atoms with Gasteiger partial charge in [-0.15, -0.1) is 0 Å². The Balaban J connectivity index is 1.24. The van der Waals surface area contributed by atoms with E-state index >= 15 is 0 Å². The zero-order chi connectivity index (χ0) is 22.4. The van der Waals surface area contributed by atoms with Crippen LogP contribution in [0, 0.1) is 0 Å². The Hall–Kier alpha value is -1.92. The summed E-state index contributed by atoms with van der Waals surface area (Å²) in [5.74, 6) is 0.343. The number of carbonyl (C=O) groups is 2. The van der Waals surface area contributed by atoms with Crippen LogP contribution in [0.25, 0.3) is 0 Å². The molecule has 0 aliphatic carbocycles. The minimum atomic E-state index is -0.107. The highest BCUT2D eigenvalue weighted by atomic mass is 16.6. The molecule has 0 bridgehead atoms. The molecule has 0 radical (unpaired) electrons. The summed E-state index contributed by atoms with van der Waals surface area (Å²) in [4.78, 5) is 23.4. The number of unbranched alkanes of at least 4 members (excludes halogenated alkanes) is 5. The van der Waals surface area contributed by atoms with E-state index in [0.717, 1.165) is 64.6 Å². The van der Waals surface area contributed by atoms with Crippen molar-refractivity contribution < 1.29 is 28.5 Å². The monoisotopic (exact) mass is 446 g/mol. The van der Waals surface area contributed by atoms with Crippen LogP contribution in [-0.4, -0.2) is 50.6 Å². The number of hydrogen-bond donors (Lipinski definition) is 0. The SMILES string of the molecule is O=C(CCCCCCC(CCCCCC(=O)OCC1CO1)c1ccccc1)OCC1CO1. The Morgan fingerprint density at radius 1 is 0.750 bits per heavy atom. The summed E-state index contributed by atoms with van der Waals surface area (Å²) in [5.41, 5.74) is 1.40. The van der Waals surface area contributed by atoms with Gasteiger partial charge in [0.1, 0.15) is 25.4 Å². The van der Waals surface area contributed by atoms with E-state index in [4.69, 9.17) is 18.9 Å². The Bertz CT molecular complexity index is 668. The topological polar surface area (TPSA) is 77.7 Å². The van der Waals surface area contributed by atoms with Crippen molar-refractivity contribution >= 4 is 11.9 Å². The standard InChI is InChI=1S/C26H38O6/c27-25(31-19-23-17-29-23)15-9-2-1-5-11-21(22-12-6-3-7-13-22)14-8-4-10-16-26(28)32-20-24-18-30-24/h3,6-7,12-13,21,23-24H,1-2,4-5,8-11,14-20H2. The highest BCUT2D eigenvalue weighted by Crippen LogP contribution is 2.28. The van der Waals surface area contributed by atoms with Gasteiger partial charge in [-0.05, 0) is 37.2 Å². The summed E-state index contributed by atoms with van der Waals surface area (Å²) in [7, 11) is 0. The summed E-state index contributed by atoms with van der Waals surface area (Å²) >= 11 is 0. The van der Waals surface area contributed by atoms with Crippen molar-refractivity contribution in [1.82, 2.24) is 0 Å². The van der Waals surface area contributed by atoms with E-state index in [0.29, 0.717) is 32.0 Å². The van der Waals surface area contributed by atoms with E-state index in [1.54, 1.807) is 0 Å². The van der Waals surface area contributed by atoms with Crippen molar-refractivity contribution in [3.05, 3.63) is 35.9 Å². The molecule has 1 aromatic carbocycles. The van der Waals surface area contributed by atoms with E-state index in [9.17, 15) is 9.59 Å². The van der Waals surface area contributed by atoms with Crippen molar-refractivity contribution in [1.29, 1.82) is 0 Å². The van der Waals surface area contributed by atoms with Gasteiger partial charge in [0, 0.05) is 12.8 Å². The van der Waals surface area contributed by atoms with Crippen molar-refractivity contribution in [3.63, 3.8) is 0 Å². The van der Waals surface area contributed by atoms with Gasteiger partial charge in [0.05, 0.1) is 13.2 Å². The number of esters is 2. The fourth-order valence-corrected chi connectivity index (χ4v) is 3.90. The number of hydrogen-bond acceptors (Lipinski definition) is 6. The second-order valence-corrected chi connectivity index (χ2v) is 8.94. The normalized spacial score (nSPS) is 19.9. The van der Waals surface area contributed by atoms with Crippen LogP contribution in [0.3, 0.4) is 0 Å². The molecule has 2 fully saturated rings. The van der Waals surface area contributed by atoms with Crippen LogP contribution in [0.5, 0.6) is 0 Å². The van der Waals surface area contributed by atoms with Crippen molar-refractivity contribution in [2.45, 2.75) is 88.8 Å². The molecule has 3 rings (SSSR count). The van der Waals surface area contributed by atoms with Crippen molar-refractivity contribution in [2.75, 3.05) is 26.4 Å². The highest BCUT2D eigenvalue weighted by molar-refractivity contribution is 5.69. The predicted molar refractivity (Wildman–Crippen MR) is 121 cm³/mol. The average molecular weight is 447 g/mol. The van der Waals surface area contributed by atoms with Crippen LogP contribution in [0.1, 0.15) is 82.1 Å². The number of benzene rings is 1. The van der Waals surface area contributed by atoms with Crippen LogP contribution in [0.15, 0.2) is 30.3 Å². The van der Waals surface area contributed by atoms with Crippen LogP contribution in [0.2, 0.25) is 0 Å².